The smallest absolute Gasteiger partial charge is 0.344 e. The van der Waals surface area contributed by atoms with Crippen molar-refractivity contribution in [2.24, 2.45) is 0 Å². The lowest BCUT2D eigenvalue weighted by Gasteiger charge is -2.12. The van der Waals surface area contributed by atoms with Crippen molar-refractivity contribution in [2.75, 3.05) is 0 Å². The van der Waals surface area contributed by atoms with Crippen molar-refractivity contribution in [1.29, 1.82) is 0 Å². The highest BCUT2D eigenvalue weighted by molar-refractivity contribution is 7.89. The van der Waals surface area contributed by atoms with Crippen LogP contribution in [0.3, 0.4) is 0 Å². The summed E-state index contributed by atoms with van der Waals surface area (Å²) in [5, 5.41) is 1.07. The number of rotatable bonds is 6. The van der Waals surface area contributed by atoms with Gasteiger partial charge in [0, 0.05) is 28.9 Å². The molecule has 0 aliphatic carbocycles. The van der Waals surface area contributed by atoms with Crippen LogP contribution in [-0.4, -0.2) is 28.9 Å². The molecule has 0 amide bonds. The Morgan fingerprint density at radius 3 is 1.72 bits per heavy atom. The van der Waals surface area contributed by atoms with Crippen LogP contribution in [-0.2, 0) is 20.0 Å². The summed E-state index contributed by atoms with van der Waals surface area (Å²) < 4.78 is 59.8. The zero-order valence-corrected chi connectivity index (χ0v) is 18.0. The molecule has 0 unspecified atom stereocenters. The largest absolute Gasteiger partial charge is 0.422 e. The first-order chi connectivity index (χ1) is 13.4. The fraction of sp³-hybridized carbons (Fsp3) is 0.316. The summed E-state index contributed by atoms with van der Waals surface area (Å²) in [5.41, 5.74) is -0.648. The third-order valence-electron chi connectivity index (χ3n) is 4.06. The van der Waals surface area contributed by atoms with Crippen molar-refractivity contribution >= 4 is 41.8 Å². The topological polar surface area (TPSA) is 123 Å². The van der Waals surface area contributed by atoms with E-state index in [1.807, 2.05) is 0 Å². The second kappa shape index (κ2) is 7.52. The van der Waals surface area contributed by atoms with Crippen LogP contribution in [0.1, 0.15) is 27.7 Å². The molecule has 1 aromatic heterocycles. The van der Waals surface area contributed by atoms with E-state index in [4.69, 9.17) is 4.42 Å². The molecule has 0 aliphatic heterocycles. The van der Waals surface area contributed by atoms with Crippen molar-refractivity contribution in [3.63, 3.8) is 0 Å². The fourth-order valence-corrected chi connectivity index (χ4v) is 5.53. The van der Waals surface area contributed by atoms with E-state index in [1.165, 1.54) is 36.4 Å². The van der Waals surface area contributed by atoms with Gasteiger partial charge < -0.3 is 4.42 Å². The molecule has 0 fully saturated rings. The highest BCUT2D eigenvalue weighted by Crippen LogP contribution is 2.27. The van der Waals surface area contributed by atoms with E-state index in [2.05, 4.69) is 9.44 Å². The van der Waals surface area contributed by atoms with E-state index in [0.717, 1.165) is 0 Å². The molecule has 0 aliphatic rings. The van der Waals surface area contributed by atoms with Crippen LogP contribution >= 0.6 is 0 Å². The first kappa shape index (κ1) is 21.4. The summed E-state index contributed by atoms with van der Waals surface area (Å²) in [6.45, 7) is 6.79. The maximum absolute atomic E-state index is 12.5. The van der Waals surface area contributed by atoms with Crippen LogP contribution in [0.15, 0.2) is 55.4 Å². The van der Waals surface area contributed by atoms with E-state index in [-0.39, 0.29) is 32.8 Å². The van der Waals surface area contributed by atoms with Gasteiger partial charge in [-0.3, -0.25) is 0 Å². The normalized spacial score (nSPS) is 13.0. The van der Waals surface area contributed by atoms with E-state index in [1.54, 1.807) is 27.7 Å². The van der Waals surface area contributed by atoms with Gasteiger partial charge in [-0.25, -0.2) is 31.1 Å². The predicted molar refractivity (Wildman–Crippen MR) is 111 cm³/mol. The van der Waals surface area contributed by atoms with E-state index in [9.17, 15) is 21.6 Å². The average Bonchev–Trinajstić information content (AvgIpc) is 2.59. The van der Waals surface area contributed by atoms with Gasteiger partial charge in [0.05, 0.1) is 15.2 Å². The van der Waals surface area contributed by atoms with Crippen LogP contribution in [0, 0.1) is 0 Å². The third-order valence-corrected chi connectivity index (χ3v) is 7.37. The minimum absolute atomic E-state index is 0.0264. The Kier molecular flexibility index (Phi) is 5.56. The highest BCUT2D eigenvalue weighted by Gasteiger charge is 2.20. The van der Waals surface area contributed by atoms with Crippen LogP contribution < -0.4 is 15.1 Å². The van der Waals surface area contributed by atoms with Gasteiger partial charge in [-0.05, 0) is 52.0 Å². The van der Waals surface area contributed by atoms with Gasteiger partial charge in [0.1, 0.15) is 5.58 Å². The zero-order valence-electron chi connectivity index (χ0n) is 16.4. The van der Waals surface area contributed by atoms with Gasteiger partial charge in [0.15, 0.2) is 0 Å². The molecule has 0 saturated heterocycles. The molecule has 156 valence electrons. The Bertz CT molecular complexity index is 1360. The molecule has 0 atom stereocenters. The van der Waals surface area contributed by atoms with Gasteiger partial charge in [0.2, 0.25) is 20.0 Å². The lowest BCUT2D eigenvalue weighted by molar-refractivity contribution is 0.561. The van der Waals surface area contributed by atoms with Gasteiger partial charge in [0.25, 0.3) is 0 Å². The molecule has 10 heteroatoms. The van der Waals surface area contributed by atoms with Gasteiger partial charge in [-0.1, -0.05) is 6.07 Å². The number of benzene rings is 2. The molecular weight excluding hydrogens is 416 g/mol. The second-order valence-electron chi connectivity index (χ2n) is 7.31. The second-order valence-corrected chi connectivity index (χ2v) is 10.7. The van der Waals surface area contributed by atoms with Crippen molar-refractivity contribution in [2.45, 2.75) is 49.6 Å². The van der Waals surface area contributed by atoms with Gasteiger partial charge in [-0.2, -0.15) is 0 Å². The molecule has 2 aromatic carbocycles. The molecule has 2 N–H and O–H groups in total. The summed E-state index contributed by atoms with van der Waals surface area (Å²) in [6, 6.07) is 7.82. The quantitative estimate of drug-likeness (QED) is 0.450. The lowest BCUT2D eigenvalue weighted by atomic mass is 10.1. The lowest BCUT2D eigenvalue weighted by Crippen LogP contribution is -2.30. The molecule has 0 saturated carbocycles. The minimum Gasteiger partial charge on any atom is -0.422 e. The number of hydrogen-bond acceptors (Lipinski definition) is 6. The highest BCUT2D eigenvalue weighted by atomic mass is 32.2. The monoisotopic (exact) mass is 438 g/mol. The molecule has 0 spiro atoms. The Balaban J connectivity index is 2.20. The molecule has 8 nitrogen and oxygen atoms in total. The summed E-state index contributed by atoms with van der Waals surface area (Å²) in [6.07, 6.45) is 0. The predicted octanol–water partition coefficient (Wildman–Crippen LogP) is 2.32. The van der Waals surface area contributed by atoms with E-state index >= 15 is 0 Å². The van der Waals surface area contributed by atoms with Crippen LogP contribution in [0.4, 0.5) is 0 Å². The van der Waals surface area contributed by atoms with Crippen molar-refractivity contribution < 1.29 is 21.3 Å². The Morgan fingerprint density at radius 2 is 1.21 bits per heavy atom. The van der Waals surface area contributed by atoms with E-state index < -0.39 is 25.7 Å². The number of hydrogen-bond donors (Lipinski definition) is 2. The van der Waals surface area contributed by atoms with Crippen LogP contribution in [0.5, 0.6) is 0 Å². The molecule has 1 heterocycles. The number of fused-ring (bicyclic) bond motifs is 3. The maximum atomic E-state index is 12.5. The van der Waals surface area contributed by atoms with Crippen LogP contribution in [0.25, 0.3) is 21.7 Å². The summed E-state index contributed by atoms with van der Waals surface area (Å²) in [7, 11) is -7.53. The first-order valence-corrected chi connectivity index (χ1v) is 11.9. The zero-order chi connectivity index (χ0) is 21.6. The van der Waals surface area contributed by atoms with Gasteiger partial charge >= 0.3 is 5.63 Å². The minimum atomic E-state index is -3.78. The molecule has 0 bridgehead atoms. The Labute approximate surface area is 169 Å². The molecule has 29 heavy (non-hydrogen) atoms. The van der Waals surface area contributed by atoms with Crippen LogP contribution in [0.2, 0.25) is 0 Å². The van der Waals surface area contributed by atoms with Gasteiger partial charge in [-0.15, -0.1) is 0 Å². The summed E-state index contributed by atoms with van der Waals surface area (Å²) in [5.74, 6) is 0. The molecular formula is C19H22N2O6S2. The van der Waals surface area contributed by atoms with E-state index in [0.29, 0.717) is 10.8 Å². The number of sulfonamides is 2. The molecule has 3 aromatic rings. The van der Waals surface area contributed by atoms with Crippen molar-refractivity contribution in [3.05, 3.63) is 46.8 Å². The number of nitrogens with one attached hydrogen (secondary N) is 2. The Hall–Kier alpha value is -2.27. The fourth-order valence-electron chi connectivity index (χ4n) is 2.98. The third kappa shape index (κ3) is 4.35. The first-order valence-electron chi connectivity index (χ1n) is 8.96. The average molecular weight is 439 g/mol. The maximum Gasteiger partial charge on any atom is 0.344 e. The SMILES string of the molecule is CC(C)NS(=O)(=O)c1ccc2c(c1)oc(=O)c1cc(S(=O)(=O)NC(C)C)ccc12. The van der Waals surface area contributed by atoms with Crippen molar-refractivity contribution in [1.82, 2.24) is 9.44 Å². The van der Waals surface area contributed by atoms with Crippen molar-refractivity contribution in [3.8, 4) is 0 Å². The standard InChI is InChI=1S/C19H22N2O6S2/c1-11(2)20-28(23,24)13-5-7-15-16-8-6-14(29(25,26)21-12(3)4)10-18(16)27-19(22)17(15)9-13/h5-12,20-21H,1-4H3. The summed E-state index contributed by atoms with van der Waals surface area (Å²) >= 11 is 0. The molecule has 0 radical (unpaired) electrons. The Morgan fingerprint density at radius 1 is 0.724 bits per heavy atom. The molecule has 3 rings (SSSR count). The summed E-state index contributed by atoms with van der Waals surface area (Å²) in [4.78, 5) is 12.4.